The van der Waals surface area contributed by atoms with E-state index in [0.29, 0.717) is 18.8 Å². The zero-order valence-corrected chi connectivity index (χ0v) is 14.8. The van der Waals surface area contributed by atoms with Crippen molar-refractivity contribution in [1.29, 1.82) is 0 Å². The summed E-state index contributed by atoms with van der Waals surface area (Å²) in [5.74, 6) is -0.101. The summed E-state index contributed by atoms with van der Waals surface area (Å²) in [7, 11) is 0. The fourth-order valence-electron chi connectivity index (χ4n) is 3.34. The normalized spacial score (nSPS) is 16.7. The number of aromatic nitrogens is 4. The van der Waals surface area contributed by atoms with Gasteiger partial charge in [0, 0.05) is 36.6 Å². The number of nitrogens with zero attached hydrogens (tertiary/aromatic N) is 5. The molecule has 4 heterocycles. The topological polar surface area (TPSA) is 71.9 Å². The molecular formula is C20H18FN5O. The lowest BCUT2D eigenvalue weighted by Gasteiger charge is -2.15. The highest BCUT2D eigenvalue weighted by Crippen LogP contribution is 2.27. The van der Waals surface area contributed by atoms with E-state index in [9.17, 15) is 9.18 Å². The number of rotatable bonds is 4. The molecule has 3 aromatic rings. The number of carbonyl (C=O) groups is 1. The van der Waals surface area contributed by atoms with E-state index in [2.05, 4.69) is 20.2 Å². The van der Waals surface area contributed by atoms with E-state index < -0.39 is 5.95 Å². The first-order valence-corrected chi connectivity index (χ1v) is 8.78. The number of amides is 1. The Morgan fingerprint density at radius 2 is 2.04 bits per heavy atom. The first-order valence-electron chi connectivity index (χ1n) is 8.78. The van der Waals surface area contributed by atoms with Crippen molar-refractivity contribution in [2.45, 2.75) is 19.8 Å². The van der Waals surface area contributed by atoms with Crippen LogP contribution >= 0.6 is 0 Å². The SMILES string of the molecule is Cc1cnccc1-c1ccc(N2CC[C@@H](Cc3ccc(F)nc3)C2=O)nn1. The maximum Gasteiger partial charge on any atom is 0.231 e. The van der Waals surface area contributed by atoms with Crippen LogP contribution in [0.5, 0.6) is 0 Å². The van der Waals surface area contributed by atoms with Gasteiger partial charge in [0.25, 0.3) is 0 Å². The van der Waals surface area contributed by atoms with Crippen LogP contribution in [0, 0.1) is 18.8 Å². The minimum absolute atomic E-state index is 0.0152. The molecule has 1 fully saturated rings. The Labute approximate surface area is 156 Å². The van der Waals surface area contributed by atoms with Gasteiger partial charge >= 0.3 is 0 Å². The molecule has 4 rings (SSSR count). The molecule has 0 saturated carbocycles. The molecule has 0 unspecified atom stereocenters. The second-order valence-electron chi connectivity index (χ2n) is 6.64. The minimum Gasteiger partial charge on any atom is -0.295 e. The number of carbonyl (C=O) groups excluding carboxylic acids is 1. The molecule has 0 N–H and O–H groups in total. The summed E-state index contributed by atoms with van der Waals surface area (Å²) in [6.45, 7) is 2.57. The van der Waals surface area contributed by atoms with Gasteiger partial charge in [-0.25, -0.2) is 4.98 Å². The molecule has 6 nitrogen and oxygen atoms in total. The van der Waals surface area contributed by atoms with Crippen molar-refractivity contribution in [1.82, 2.24) is 20.2 Å². The van der Waals surface area contributed by atoms with E-state index in [-0.39, 0.29) is 11.8 Å². The molecule has 0 aliphatic carbocycles. The molecule has 0 bridgehead atoms. The van der Waals surface area contributed by atoms with Crippen molar-refractivity contribution >= 4 is 11.7 Å². The predicted molar refractivity (Wildman–Crippen MR) is 98.4 cm³/mol. The van der Waals surface area contributed by atoms with Gasteiger partial charge in [-0.15, -0.1) is 10.2 Å². The van der Waals surface area contributed by atoms with Gasteiger partial charge in [-0.05, 0) is 55.2 Å². The smallest absolute Gasteiger partial charge is 0.231 e. The van der Waals surface area contributed by atoms with E-state index in [1.54, 1.807) is 23.4 Å². The summed E-state index contributed by atoms with van der Waals surface area (Å²) in [6.07, 6.45) is 6.25. The fraction of sp³-hybridized carbons (Fsp3) is 0.250. The Kier molecular flexibility index (Phi) is 4.58. The van der Waals surface area contributed by atoms with Crippen molar-refractivity contribution in [2.24, 2.45) is 5.92 Å². The molecule has 1 aliphatic rings. The van der Waals surface area contributed by atoms with Crippen LogP contribution in [0.2, 0.25) is 0 Å². The van der Waals surface area contributed by atoms with E-state index in [0.717, 1.165) is 28.8 Å². The van der Waals surface area contributed by atoms with E-state index in [1.807, 2.05) is 25.1 Å². The fourth-order valence-corrected chi connectivity index (χ4v) is 3.34. The molecular weight excluding hydrogens is 345 g/mol. The zero-order chi connectivity index (χ0) is 18.8. The van der Waals surface area contributed by atoms with Gasteiger partial charge in [-0.2, -0.15) is 4.39 Å². The number of pyridine rings is 2. The lowest BCUT2D eigenvalue weighted by atomic mass is 9.99. The molecule has 1 saturated heterocycles. The van der Waals surface area contributed by atoms with Gasteiger partial charge in [0.2, 0.25) is 11.9 Å². The summed E-state index contributed by atoms with van der Waals surface area (Å²) >= 11 is 0. The quantitative estimate of drug-likeness (QED) is 0.667. The molecule has 1 aliphatic heterocycles. The number of aryl methyl sites for hydroxylation is 1. The third-order valence-electron chi connectivity index (χ3n) is 4.81. The van der Waals surface area contributed by atoms with Gasteiger partial charge in [-0.1, -0.05) is 6.07 Å². The molecule has 1 atom stereocenters. The maximum atomic E-state index is 12.9. The van der Waals surface area contributed by atoms with Gasteiger partial charge in [0.15, 0.2) is 5.82 Å². The number of halogens is 1. The molecule has 27 heavy (non-hydrogen) atoms. The summed E-state index contributed by atoms with van der Waals surface area (Å²) < 4.78 is 12.9. The summed E-state index contributed by atoms with van der Waals surface area (Å²) in [5, 5.41) is 8.54. The van der Waals surface area contributed by atoms with Crippen LogP contribution in [0.4, 0.5) is 10.2 Å². The Balaban J connectivity index is 1.48. The molecule has 0 spiro atoms. The Morgan fingerprint density at radius 1 is 1.15 bits per heavy atom. The van der Waals surface area contributed by atoms with Crippen LogP contribution in [-0.4, -0.2) is 32.6 Å². The number of hydrogen-bond acceptors (Lipinski definition) is 5. The van der Waals surface area contributed by atoms with Crippen LogP contribution in [0.15, 0.2) is 48.9 Å². The Morgan fingerprint density at radius 3 is 2.74 bits per heavy atom. The van der Waals surface area contributed by atoms with Crippen molar-refractivity contribution < 1.29 is 9.18 Å². The Bertz CT molecular complexity index is 959. The van der Waals surface area contributed by atoms with Gasteiger partial charge in [-0.3, -0.25) is 14.7 Å². The second-order valence-corrected chi connectivity index (χ2v) is 6.64. The highest BCUT2D eigenvalue weighted by atomic mass is 19.1. The third-order valence-corrected chi connectivity index (χ3v) is 4.81. The van der Waals surface area contributed by atoms with Crippen molar-refractivity contribution in [3.05, 3.63) is 66.0 Å². The Hall–Kier alpha value is -3.22. The summed E-state index contributed by atoms with van der Waals surface area (Å²) in [5.41, 5.74) is 3.59. The number of hydrogen-bond donors (Lipinski definition) is 0. The minimum atomic E-state index is -0.516. The average Bonchev–Trinajstić information content (AvgIpc) is 3.05. The molecule has 0 radical (unpaired) electrons. The maximum absolute atomic E-state index is 12.9. The first kappa shape index (κ1) is 17.2. The molecule has 1 amide bonds. The summed E-state index contributed by atoms with van der Waals surface area (Å²) in [6, 6.07) is 8.58. The van der Waals surface area contributed by atoms with E-state index in [4.69, 9.17) is 0 Å². The van der Waals surface area contributed by atoms with Gasteiger partial charge in [0.1, 0.15) is 0 Å². The van der Waals surface area contributed by atoms with Crippen LogP contribution < -0.4 is 4.90 Å². The highest BCUT2D eigenvalue weighted by molar-refractivity contribution is 5.96. The lowest BCUT2D eigenvalue weighted by molar-refractivity contribution is -0.120. The third kappa shape index (κ3) is 3.53. The monoisotopic (exact) mass is 363 g/mol. The average molecular weight is 363 g/mol. The zero-order valence-electron chi connectivity index (χ0n) is 14.8. The van der Waals surface area contributed by atoms with Crippen LogP contribution in [0.1, 0.15) is 17.5 Å². The van der Waals surface area contributed by atoms with Crippen molar-refractivity contribution in [2.75, 3.05) is 11.4 Å². The molecule has 3 aromatic heterocycles. The number of anilines is 1. The molecule has 7 heteroatoms. The van der Waals surface area contributed by atoms with Crippen LogP contribution in [0.25, 0.3) is 11.3 Å². The second kappa shape index (κ2) is 7.19. The molecule has 136 valence electrons. The largest absolute Gasteiger partial charge is 0.295 e. The van der Waals surface area contributed by atoms with Gasteiger partial charge in [0.05, 0.1) is 5.69 Å². The van der Waals surface area contributed by atoms with E-state index >= 15 is 0 Å². The van der Waals surface area contributed by atoms with Crippen molar-refractivity contribution in [3.63, 3.8) is 0 Å². The molecule has 0 aromatic carbocycles. The predicted octanol–water partition coefficient (Wildman–Crippen LogP) is 2.98. The van der Waals surface area contributed by atoms with Crippen LogP contribution in [0.3, 0.4) is 0 Å². The van der Waals surface area contributed by atoms with Gasteiger partial charge < -0.3 is 0 Å². The van der Waals surface area contributed by atoms with E-state index in [1.165, 1.54) is 12.3 Å². The highest BCUT2D eigenvalue weighted by Gasteiger charge is 2.33. The first-order chi connectivity index (χ1) is 13.1. The van der Waals surface area contributed by atoms with Crippen LogP contribution in [-0.2, 0) is 11.2 Å². The lowest BCUT2D eigenvalue weighted by Crippen LogP contribution is -2.28. The standard InChI is InChI=1S/C20H18FN5O/c1-13-11-22-8-6-16(13)17-3-5-19(25-24-17)26-9-7-15(20(26)27)10-14-2-4-18(21)23-12-14/h2-6,8,11-12,15H,7,9-10H2,1H3/t15-/m0/s1. The summed E-state index contributed by atoms with van der Waals surface area (Å²) in [4.78, 5) is 22.1. The van der Waals surface area contributed by atoms with Crippen molar-refractivity contribution in [3.8, 4) is 11.3 Å².